The zero-order valence-corrected chi connectivity index (χ0v) is 9.52. The Morgan fingerprint density at radius 2 is 2.00 bits per heavy atom. The first kappa shape index (κ1) is 11.7. The first-order valence-corrected chi connectivity index (χ1v) is 5.30. The summed E-state index contributed by atoms with van der Waals surface area (Å²) in [6.45, 7) is 0.374. The molecule has 5 nitrogen and oxygen atoms in total. The van der Waals surface area contributed by atoms with Crippen LogP contribution in [-0.2, 0) is 11.4 Å². The minimum atomic E-state index is 0.226. The molecule has 0 spiro atoms. The summed E-state index contributed by atoms with van der Waals surface area (Å²) < 4.78 is 0. The zero-order valence-electron chi connectivity index (χ0n) is 9.52. The Labute approximate surface area is 104 Å². The van der Waals surface area contributed by atoms with Crippen LogP contribution in [0.4, 0.5) is 0 Å². The molecule has 2 aromatic rings. The molecule has 0 fully saturated rings. The van der Waals surface area contributed by atoms with E-state index in [1.165, 1.54) is 18.6 Å². The van der Waals surface area contributed by atoms with Gasteiger partial charge in [0.25, 0.3) is 0 Å². The molecule has 2 rings (SSSR count). The van der Waals surface area contributed by atoms with Crippen molar-refractivity contribution in [3.05, 3.63) is 59.7 Å². The van der Waals surface area contributed by atoms with Gasteiger partial charge >= 0.3 is 0 Å². The standard InChI is InChI=1S/C13H10N4O/c14-8-12-13(16-7-6-15-12)9-17-18-10-11-4-2-1-3-5-11/h1-7,9H,10H2. The highest BCUT2D eigenvalue weighted by atomic mass is 16.6. The summed E-state index contributed by atoms with van der Waals surface area (Å²) in [5.74, 6) is 0. The lowest BCUT2D eigenvalue weighted by Gasteiger charge is -1.98. The van der Waals surface area contributed by atoms with Gasteiger partial charge in [-0.1, -0.05) is 35.5 Å². The third kappa shape index (κ3) is 3.12. The van der Waals surface area contributed by atoms with Crippen LogP contribution in [0.15, 0.2) is 47.9 Å². The molecule has 1 heterocycles. The van der Waals surface area contributed by atoms with Gasteiger partial charge in [0.2, 0.25) is 0 Å². The molecule has 0 N–H and O–H groups in total. The maximum atomic E-state index is 8.80. The molecule has 0 saturated carbocycles. The van der Waals surface area contributed by atoms with Gasteiger partial charge in [0.1, 0.15) is 18.4 Å². The first-order valence-electron chi connectivity index (χ1n) is 5.30. The average Bonchev–Trinajstić information content (AvgIpc) is 2.45. The van der Waals surface area contributed by atoms with E-state index in [4.69, 9.17) is 10.1 Å². The van der Waals surface area contributed by atoms with E-state index in [1.54, 1.807) is 0 Å². The van der Waals surface area contributed by atoms with Gasteiger partial charge in [0.05, 0.1) is 6.21 Å². The summed E-state index contributed by atoms with van der Waals surface area (Å²) in [7, 11) is 0. The van der Waals surface area contributed by atoms with Crippen LogP contribution in [0.3, 0.4) is 0 Å². The van der Waals surface area contributed by atoms with Gasteiger partial charge in [0, 0.05) is 12.4 Å². The topological polar surface area (TPSA) is 71.2 Å². The monoisotopic (exact) mass is 238 g/mol. The summed E-state index contributed by atoms with van der Waals surface area (Å²) in [5.41, 5.74) is 1.65. The molecule has 0 aliphatic rings. The van der Waals surface area contributed by atoms with Crippen LogP contribution in [0, 0.1) is 11.3 Å². The van der Waals surface area contributed by atoms with E-state index in [-0.39, 0.29) is 5.69 Å². The summed E-state index contributed by atoms with van der Waals surface area (Å²) in [6.07, 6.45) is 4.34. The smallest absolute Gasteiger partial charge is 0.167 e. The van der Waals surface area contributed by atoms with Crippen molar-refractivity contribution in [3.63, 3.8) is 0 Å². The van der Waals surface area contributed by atoms with Crippen molar-refractivity contribution in [2.75, 3.05) is 0 Å². The minimum Gasteiger partial charge on any atom is -0.391 e. The molecule has 0 unspecified atom stereocenters. The predicted molar refractivity (Wildman–Crippen MR) is 65.6 cm³/mol. The molecule has 88 valence electrons. The van der Waals surface area contributed by atoms with Crippen molar-refractivity contribution in [1.29, 1.82) is 5.26 Å². The zero-order chi connectivity index (χ0) is 12.6. The van der Waals surface area contributed by atoms with Crippen molar-refractivity contribution in [1.82, 2.24) is 9.97 Å². The Kier molecular flexibility index (Phi) is 3.98. The maximum Gasteiger partial charge on any atom is 0.167 e. The average molecular weight is 238 g/mol. The lowest BCUT2D eigenvalue weighted by atomic mass is 10.2. The Hall–Kier alpha value is -2.74. The summed E-state index contributed by atoms with van der Waals surface area (Å²) in [5, 5.41) is 12.6. The number of hydrogen-bond donors (Lipinski definition) is 0. The highest BCUT2D eigenvalue weighted by molar-refractivity contribution is 5.79. The van der Waals surface area contributed by atoms with Gasteiger partial charge in [0.15, 0.2) is 5.69 Å². The molecule has 1 aromatic heterocycles. The van der Waals surface area contributed by atoms with E-state index in [0.29, 0.717) is 12.3 Å². The second kappa shape index (κ2) is 6.11. The first-order chi connectivity index (χ1) is 8.90. The van der Waals surface area contributed by atoms with E-state index in [0.717, 1.165) is 5.56 Å². The number of nitriles is 1. The van der Waals surface area contributed by atoms with Crippen molar-refractivity contribution >= 4 is 6.21 Å². The second-order valence-corrected chi connectivity index (χ2v) is 3.40. The number of benzene rings is 1. The van der Waals surface area contributed by atoms with Crippen LogP contribution in [0.1, 0.15) is 17.0 Å². The molecule has 1 aromatic carbocycles. The minimum absolute atomic E-state index is 0.226. The molecule has 0 saturated heterocycles. The second-order valence-electron chi connectivity index (χ2n) is 3.40. The van der Waals surface area contributed by atoms with E-state index >= 15 is 0 Å². The largest absolute Gasteiger partial charge is 0.391 e. The van der Waals surface area contributed by atoms with Crippen LogP contribution in [-0.4, -0.2) is 16.2 Å². The highest BCUT2D eigenvalue weighted by Gasteiger charge is 2.00. The van der Waals surface area contributed by atoms with Crippen LogP contribution in [0.2, 0.25) is 0 Å². The van der Waals surface area contributed by atoms with Crippen molar-refractivity contribution in [2.45, 2.75) is 6.61 Å². The molecule has 0 radical (unpaired) electrons. The molecule has 5 heteroatoms. The van der Waals surface area contributed by atoms with Crippen molar-refractivity contribution in [2.24, 2.45) is 5.16 Å². The summed E-state index contributed by atoms with van der Waals surface area (Å²) in [4.78, 5) is 13.0. The van der Waals surface area contributed by atoms with Gasteiger partial charge in [-0.3, -0.25) is 4.98 Å². The van der Waals surface area contributed by atoms with E-state index in [2.05, 4.69) is 15.1 Å². The van der Waals surface area contributed by atoms with Crippen molar-refractivity contribution in [3.8, 4) is 6.07 Å². The number of nitrogens with zero attached hydrogens (tertiary/aromatic N) is 4. The molecular formula is C13H10N4O. The Morgan fingerprint density at radius 1 is 1.22 bits per heavy atom. The number of oxime groups is 1. The van der Waals surface area contributed by atoms with Crippen molar-refractivity contribution < 1.29 is 4.84 Å². The molecule has 18 heavy (non-hydrogen) atoms. The fraction of sp³-hybridized carbons (Fsp3) is 0.0769. The Balaban J connectivity index is 1.94. The van der Waals surface area contributed by atoms with E-state index in [1.807, 2.05) is 36.4 Å². The van der Waals surface area contributed by atoms with Crippen LogP contribution in [0.5, 0.6) is 0 Å². The molecule has 0 aliphatic heterocycles. The lowest BCUT2D eigenvalue weighted by molar-refractivity contribution is 0.132. The Morgan fingerprint density at radius 3 is 2.78 bits per heavy atom. The number of hydrogen-bond acceptors (Lipinski definition) is 5. The normalized spacial score (nSPS) is 10.2. The van der Waals surface area contributed by atoms with Gasteiger partial charge < -0.3 is 4.84 Å². The summed E-state index contributed by atoms with van der Waals surface area (Å²) in [6, 6.07) is 11.6. The Bertz CT molecular complexity index is 575. The van der Waals surface area contributed by atoms with Gasteiger partial charge in [-0.05, 0) is 5.56 Å². The summed E-state index contributed by atoms with van der Waals surface area (Å²) >= 11 is 0. The van der Waals surface area contributed by atoms with Gasteiger partial charge in [-0.15, -0.1) is 0 Å². The molecular weight excluding hydrogens is 228 g/mol. The SMILES string of the molecule is N#Cc1nccnc1C=NOCc1ccccc1. The maximum absolute atomic E-state index is 8.80. The highest BCUT2D eigenvalue weighted by Crippen LogP contribution is 2.01. The third-order valence-electron chi connectivity index (χ3n) is 2.16. The van der Waals surface area contributed by atoms with Crippen LogP contribution >= 0.6 is 0 Å². The number of rotatable bonds is 4. The quantitative estimate of drug-likeness (QED) is 0.602. The molecule has 0 bridgehead atoms. The van der Waals surface area contributed by atoms with Crippen LogP contribution in [0.25, 0.3) is 0 Å². The third-order valence-corrected chi connectivity index (χ3v) is 2.16. The molecule has 0 atom stereocenters. The van der Waals surface area contributed by atoms with Gasteiger partial charge in [-0.25, -0.2) is 4.98 Å². The fourth-order valence-electron chi connectivity index (χ4n) is 1.30. The fourth-order valence-corrected chi connectivity index (χ4v) is 1.30. The number of aromatic nitrogens is 2. The molecule has 0 aliphatic carbocycles. The van der Waals surface area contributed by atoms with Crippen LogP contribution < -0.4 is 0 Å². The lowest BCUT2D eigenvalue weighted by Crippen LogP contribution is -1.96. The van der Waals surface area contributed by atoms with Gasteiger partial charge in [-0.2, -0.15) is 5.26 Å². The van der Waals surface area contributed by atoms with E-state index < -0.39 is 0 Å². The molecule has 0 amide bonds. The van der Waals surface area contributed by atoms with E-state index in [9.17, 15) is 0 Å². The predicted octanol–water partition coefficient (Wildman–Crippen LogP) is 1.90.